The number of nitrogens with zero attached hydrogens (tertiary/aromatic N) is 1. The zero-order valence-corrected chi connectivity index (χ0v) is 10.7. The summed E-state index contributed by atoms with van der Waals surface area (Å²) in [6.45, 7) is 2.29. The number of hydrogen-bond donors (Lipinski definition) is 1. The molecule has 0 atom stereocenters. The quantitative estimate of drug-likeness (QED) is 0.924. The van der Waals surface area contributed by atoms with Crippen LogP contribution in [0.5, 0.6) is 0 Å². The van der Waals surface area contributed by atoms with Gasteiger partial charge in [0.15, 0.2) is 0 Å². The minimum atomic E-state index is -0.164. The number of aromatic nitrogens is 1. The van der Waals surface area contributed by atoms with Crippen LogP contribution in [-0.2, 0) is 6.42 Å². The van der Waals surface area contributed by atoms with Gasteiger partial charge >= 0.3 is 0 Å². The van der Waals surface area contributed by atoms with Gasteiger partial charge in [-0.15, -0.1) is 0 Å². The van der Waals surface area contributed by atoms with E-state index in [2.05, 4.69) is 10.5 Å². The highest BCUT2D eigenvalue weighted by Crippen LogP contribution is 2.09. The Kier molecular flexibility index (Phi) is 3.99. The van der Waals surface area contributed by atoms with Crippen molar-refractivity contribution < 1.29 is 9.32 Å². The molecule has 1 aromatic heterocycles. The van der Waals surface area contributed by atoms with Crippen molar-refractivity contribution in [3.05, 3.63) is 52.4 Å². The van der Waals surface area contributed by atoms with Crippen LogP contribution in [0.2, 0.25) is 5.02 Å². The summed E-state index contributed by atoms with van der Waals surface area (Å²) < 4.78 is 4.72. The van der Waals surface area contributed by atoms with E-state index < -0.39 is 0 Å². The van der Waals surface area contributed by atoms with Crippen molar-refractivity contribution in [2.75, 3.05) is 6.54 Å². The van der Waals surface area contributed by atoms with E-state index in [1.54, 1.807) is 6.92 Å². The Morgan fingerprint density at radius 3 is 2.72 bits per heavy atom. The molecule has 0 fully saturated rings. The van der Waals surface area contributed by atoms with E-state index in [0.29, 0.717) is 22.8 Å². The molecule has 0 unspecified atom stereocenters. The Hall–Kier alpha value is -1.81. The maximum Gasteiger partial charge on any atom is 0.256 e. The summed E-state index contributed by atoms with van der Waals surface area (Å²) in [5, 5.41) is 7.19. The maximum atomic E-state index is 11.7. The van der Waals surface area contributed by atoms with Crippen LogP contribution >= 0.6 is 11.6 Å². The van der Waals surface area contributed by atoms with E-state index in [9.17, 15) is 4.79 Å². The molecule has 0 aliphatic carbocycles. The molecule has 0 radical (unpaired) electrons. The molecule has 1 heterocycles. The minimum absolute atomic E-state index is 0.164. The molecular weight excluding hydrogens is 252 g/mol. The van der Waals surface area contributed by atoms with E-state index in [4.69, 9.17) is 16.1 Å². The number of carbonyl (C=O) groups excluding carboxylic acids is 1. The molecule has 1 amide bonds. The second-order valence-corrected chi connectivity index (χ2v) is 4.38. The van der Waals surface area contributed by atoms with Gasteiger partial charge in [0, 0.05) is 11.6 Å². The summed E-state index contributed by atoms with van der Waals surface area (Å²) in [5.41, 5.74) is 2.20. The van der Waals surface area contributed by atoms with Crippen LogP contribution in [0.15, 0.2) is 35.1 Å². The van der Waals surface area contributed by atoms with Crippen molar-refractivity contribution in [1.82, 2.24) is 10.5 Å². The fourth-order valence-corrected chi connectivity index (χ4v) is 1.70. The zero-order valence-electron chi connectivity index (χ0n) is 9.94. The second-order valence-electron chi connectivity index (χ2n) is 3.95. The summed E-state index contributed by atoms with van der Waals surface area (Å²) in [5.74, 6) is -0.164. The molecule has 0 aliphatic rings. The summed E-state index contributed by atoms with van der Waals surface area (Å²) >= 11 is 5.79. The van der Waals surface area contributed by atoms with Gasteiger partial charge in [-0.25, -0.2) is 0 Å². The van der Waals surface area contributed by atoms with Crippen LogP contribution in [0.4, 0.5) is 0 Å². The summed E-state index contributed by atoms with van der Waals surface area (Å²) in [7, 11) is 0. The maximum absolute atomic E-state index is 11.7. The third-order valence-electron chi connectivity index (χ3n) is 2.61. The molecule has 0 aliphatic heterocycles. The first-order valence-electron chi connectivity index (χ1n) is 5.60. The highest BCUT2D eigenvalue weighted by atomic mass is 35.5. The first-order valence-corrected chi connectivity index (χ1v) is 5.98. The third kappa shape index (κ3) is 3.11. The van der Waals surface area contributed by atoms with Gasteiger partial charge in [0.2, 0.25) is 0 Å². The van der Waals surface area contributed by atoms with Crippen LogP contribution in [0.25, 0.3) is 0 Å². The molecule has 2 rings (SSSR count). The molecule has 2 aromatic rings. The number of halogens is 1. The number of benzene rings is 1. The van der Waals surface area contributed by atoms with Crippen LogP contribution in [0, 0.1) is 6.92 Å². The molecule has 1 aromatic carbocycles. The number of rotatable bonds is 4. The Morgan fingerprint density at radius 2 is 2.11 bits per heavy atom. The lowest BCUT2D eigenvalue weighted by molar-refractivity contribution is 0.0953. The van der Waals surface area contributed by atoms with Gasteiger partial charge in [-0.1, -0.05) is 28.9 Å². The lowest BCUT2D eigenvalue weighted by atomic mass is 10.1. The fraction of sp³-hybridized carbons (Fsp3) is 0.231. The third-order valence-corrected chi connectivity index (χ3v) is 2.86. The average Bonchev–Trinajstić information content (AvgIpc) is 2.78. The highest BCUT2D eigenvalue weighted by molar-refractivity contribution is 6.30. The largest absolute Gasteiger partial charge is 0.364 e. The lowest BCUT2D eigenvalue weighted by Crippen LogP contribution is -2.25. The van der Waals surface area contributed by atoms with Gasteiger partial charge in [-0.05, 0) is 31.0 Å². The number of hydrogen-bond acceptors (Lipinski definition) is 3. The van der Waals surface area contributed by atoms with Gasteiger partial charge in [-0.2, -0.15) is 0 Å². The Balaban J connectivity index is 1.84. The molecule has 0 bridgehead atoms. The van der Waals surface area contributed by atoms with E-state index in [1.807, 2.05) is 24.3 Å². The molecule has 18 heavy (non-hydrogen) atoms. The standard InChI is InChI=1S/C13H13ClN2O2/c1-9-12(8-18-16-9)13(17)15-7-6-10-2-4-11(14)5-3-10/h2-5,8H,6-7H2,1H3,(H,15,17). The topological polar surface area (TPSA) is 55.1 Å². The summed E-state index contributed by atoms with van der Waals surface area (Å²) in [6.07, 6.45) is 2.11. The summed E-state index contributed by atoms with van der Waals surface area (Å²) in [4.78, 5) is 11.7. The summed E-state index contributed by atoms with van der Waals surface area (Å²) in [6, 6.07) is 7.56. The molecule has 5 heteroatoms. The van der Waals surface area contributed by atoms with Crippen molar-refractivity contribution in [1.29, 1.82) is 0 Å². The smallest absolute Gasteiger partial charge is 0.256 e. The van der Waals surface area contributed by atoms with E-state index >= 15 is 0 Å². The predicted octanol–water partition coefficient (Wildman–Crippen LogP) is 2.61. The normalized spacial score (nSPS) is 10.3. The Labute approximate surface area is 110 Å². The van der Waals surface area contributed by atoms with Gasteiger partial charge in [0.05, 0.1) is 5.69 Å². The van der Waals surface area contributed by atoms with Gasteiger partial charge in [-0.3, -0.25) is 4.79 Å². The Bertz CT molecular complexity index is 534. The molecule has 0 saturated carbocycles. The lowest BCUT2D eigenvalue weighted by Gasteiger charge is -2.04. The molecule has 94 valence electrons. The van der Waals surface area contributed by atoms with Gasteiger partial charge < -0.3 is 9.84 Å². The average molecular weight is 265 g/mol. The molecular formula is C13H13ClN2O2. The molecule has 4 nitrogen and oxygen atoms in total. The first kappa shape index (κ1) is 12.6. The predicted molar refractivity (Wildman–Crippen MR) is 68.7 cm³/mol. The molecule has 0 saturated heterocycles. The van der Waals surface area contributed by atoms with Crippen molar-refractivity contribution >= 4 is 17.5 Å². The van der Waals surface area contributed by atoms with Crippen molar-refractivity contribution in [3.63, 3.8) is 0 Å². The minimum Gasteiger partial charge on any atom is -0.364 e. The van der Waals surface area contributed by atoms with E-state index in [-0.39, 0.29) is 5.91 Å². The monoisotopic (exact) mass is 264 g/mol. The SMILES string of the molecule is Cc1nocc1C(=O)NCCc1ccc(Cl)cc1. The van der Waals surface area contributed by atoms with E-state index in [1.165, 1.54) is 6.26 Å². The Morgan fingerprint density at radius 1 is 1.39 bits per heavy atom. The van der Waals surface area contributed by atoms with Crippen molar-refractivity contribution in [3.8, 4) is 0 Å². The molecule has 1 N–H and O–H groups in total. The fourth-order valence-electron chi connectivity index (χ4n) is 1.58. The van der Waals surface area contributed by atoms with E-state index in [0.717, 1.165) is 12.0 Å². The highest BCUT2D eigenvalue weighted by Gasteiger charge is 2.11. The number of amides is 1. The van der Waals surface area contributed by atoms with Crippen LogP contribution in [-0.4, -0.2) is 17.6 Å². The number of carbonyl (C=O) groups is 1. The first-order chi connectivity index (χ1) is 8.66. The van der Waals surface area contributed by atoms with Gasteiger partial charge in [0.1, 0.15) is 11.8 Å². The molecule has 0 spiro atoms. The van der Waals surface area contributed by atoms with Crippen molar-refractivity contribution in [2.24, 2.45) is 0 Å². The van der Waals surface area contributed by atoms with Crippen molar-refractivity contribution in [2.45, 2.75) is 13.3 Å². The zero-order chi connectivity index (χ0) is 13.0. The number of aryl methyl sites for hydroxylation is 1. The van der Waals surface area contributed by atoms with Gasteiger partial charge in [0.25, 0.3) is 5.91 Å². The number of nitrogens with one attached hydrogen (secondary N) is 1. The second kappa shape index (κ2) is 5.69. The van der Waals surface area contributed by atoms with Crippen LogP contribution in [0.1, 0.15) is 21.6 Å². The van der Waals surface area contributed by atoms with Crippen LogP contribution in [0.3, 0.4) is 0 Å². The van der Waals surface area contributed by atoms with Crippen LogP contribution < -0.4 is 5.32 Å².